The Kier molecular flexibility index (Phi) is 3.55. The molecule has 0 atom stereocenters. The monoisotopic (exact) mass is 282 g/mol. The van der Waals surface area contributed by atoms with E-state index in [9.17, 15) is 4.79 Å². The van der Waals surface area contributed by atoms with E-state index in [-0.39, 0.29) is 0 Å². The van der Waals surface area contributed by atoms with Gasteiger partial charge in [0.25, 0.3) is 0 Å². The minimum atomic E-state index is 0.351. The van der Waals surface area contributed by atoms with Crippen LogP contribution in [-0.4, -0.2) is 22.8 Å². The number of fused-ring (bicyclic) bond motifs is 1. The molecule has 0 aliphatic rings. The molecule has 0 aliphatic carbocycles. The van der Waals surface area contributed by atoms with Crippen molar-refractivity contribution in [1.82, 2.24) is 9.38 Å². The number of nitrogens with zero attached hydrogens (tertiary/aromatic N) is 2. The standard InChI is InChI=1S/C16H14N2O3/c1-20-14-5-4-12(9-19)16(7-14)21-10-13-3-2-6-18-11-17-8-15(13)18/h2-9,11H,10H2,1H3. The number of aromatic nitrogens is 2. The zero-order valence-electron chi connectivity index (χ0n) is 11.5. The van der Waals surface area contributed by atoms with Gasteiger partial charge >= 0.3 is 0 Å². The average Bonchev–Trinajstić information content (AvgIpc) is 3.01. The molecule has 0 aliphatic heterocycles. The van der Waals surface area contributed by atoms with Crippen molar-refractivity contribution < 1.29 is 14.3 Å². The summed E-state index contributed by atoms with van der Waals surface area (Å²) in [5.74, 6) is 1.16. The summed E-state index contributed by atoms with van der Waals surface area (Å²) in [7, 11) is 1.58. The number of aldehydes is 1. The highest BCUT2D eigenvalue weighted by Crippen LogP contribution is 2.25. The molecule has 0 fully saturated rings. The van der Waals surface area contributed by atoms with Crippen LogP contribution in [0.15, 0.2) is 49.1 Å². The van der Waals surface area contributed by atoms with Crippen molar-refractivity contribution in [3.05, 3.63) is 60.2 Å². The van der Waals surface area contributed by atoms with E-state index in [1.54, 1.807) is 37.8 Å². The van der Waals surface area contributed by atoms with Gasteiger partial charge < -0.3 is 13.9 Å². The summed E-state index contributed by atoms with van der Waals surface area (Å²) >= 11 is 0. The number of pyridine rings is 1. The Balaban J connectivity index is 1.87. The van der Waals surface area contributed by atoms with Gasteiger partial charge in [0.2, 0.25) is 0 Å². The van der Waals surface area contributed by atoms with Crippen molar-refractivity contribution in [2.45, 2.75) is 6.61 Å². The van der Waals surface area contributed by atoms with E-state index in [1.165, 1.54) is 0 Å². The van der Waals surface area contributed by atoms with E-state index < -0.39 is 0 Å². The third-order valence-electron chi connectivity index (χ3n) is 3.27. The first-order chi connectivity index (χ1) is 10.3. The van der Waals surface area contributed by atoms with Gasteiger partial charge in [0.1, 0.15) is 18.1 Å². The van der Waals surface area contributed by atoms with Crippen LogP contribution in [0.5, 0.6) is 11.5 Å². The molecule has 1 aromatic carbocycles. The van der Waals surface area contributed by atoms with Gasteiger partial charge in [-0.05, 0) is 18.2 Å². The van der Waals surface area contributed by atoms with Gasteiger partial charge in [0, 0.05) is 17.8 Å². The fourth-order valence-corrected chi connectivity index (χ4v) is 2.15. The Hall–Kier alpha value is -2.82. The second kappa shape index (κ2) is 5.66. The van der Waals surface area contributed by atoms with Crippen LogP contribution in [0.4, 0.5) is 0 Å². The molecule has 0 spiro atoms. The Bertz CT molecular complexity index is 780. The molecule has 0 radical (unpaired) electrons. The lowest BCUT2D eigenvalue weighted by atomic mass is 10.2. The quantitative estimate of drug-likeness (QED) is 0.675. The zero-order valence-corrected chi connectivity index (χ0v) is 11.5. The molecule has 0 unspecified atom stereocenters. The highest BCUT2D eigenvalue weighted by Gasteiger charge is 2.07. The van der Waals surface area contributed by atoms with E-state index in [1.807, 2.05) is 22.7 Å². The minimum absolute atomic E-state index is 0.351. The van der Waals surface area contributed by atoms with E-state index in [0.717, 1.165) is 17.4 Å². The van der Waals surface area contributed by atoms with Crippen LogP contribution >= 0.6 is 0 Å². The average molecular weight is 282 g/mol. The molecular weight excluding hydrogens is 268 g/mol. The van der Waals surface area contributed by atoms with E-state index in [4.69, 9.17) is 9.47 Å². The van der Waals surface area contributed by atoms with Crippen LogP contribution in [-0.2, 0) is 6.61 Å². The highest BCUT2D eigenvalue weighted by atomic mass is 16.5. The van der Waals surface area contributed by atoms with Crippen molar-refractivity contribution in [3.63, 3.8) is 0 Å². The summed E-state index contributed by atoms with van der Waals surface area (Å²) in [4.78, 5) is 15.2. The van der Waals surface area contributed by atoms with Crippen molar-refractivity contribution in [2.24, 2.45) is 0 Å². The van der Waals surface area contributed by atoms with E-state index in [0.29, 0.717) is 23.7 Å². The van der Waals surface area contributed by atoms with Gasteiger partial charge in [-0.3, -0.25) is 4.79 Å². The van der Waals surface area contributed by atoms with Crippen LogP contribution in [0.1, 0.15) is 15.9 Å². The molecule has 0 N–H and O–H groups in total. The number of hydrogen-bond acceptors (Lipinski definition) is 4. The Labute approximate surface area is 121 Å². The molecule has 21 heavy (non-hydrogen) atoms. The largest absolute Gasteiger partial charge is 0.497 e. The molecule has 0 amide bonds. The van der Waals surface area contributed by atoms with Crippen molar-refractivity contribution in [1.29, 1.82) is 0 Å². The van der Waals surface area contributed by atoms with E-state index >= 15 is 0 Å². The maximum absolute atomic E-state index is 11.1. The molecule has 0 saturated carbocycles. The first-order valence-corrected chi connectivity index (χ1v) is 6.47. The van der Waals surface area contributed by atoms with Crippen LogP contribution in [0.3, 0.4) is 0 Å². The van der Waals surface area contributed by atoms with Gasteiger partial charge in [-0.15, -0.1) is 0 Å². The lowest BCUT2D eigenvalue weighted by molar-refractivity contribution is 0.111. The third kappa shape index (κ3) is 2.58. The van der Waals surface area contributed by atoms with Crippen molar-refractivity contribution in [2.75, 3.05) is 7.11 Å². The fourth-order valence-electron chi connectivity index (χ4n) is 2.15. The third-order valence-corrected chi connectivity index (χ3v) is 3.27. The first kappa shape index (κ1) is 13.2. The molecule has 5 heteroatoms. The van der Waals surface area contributed by atoms with Gasteiger partial charge in [0.15, 0.2) is 6.29 Å². The number of methoxy groups -OCH3 is 1. The van der Waals surface area contributed by atoms with Crippen LogP contribution in [0.2, 0.25) is 0 Å². The maximum Gasteiger partial charge on any atom is 0.153 e. The van der Waals surface area contributed by atoms with Crippen molar-refractivity contribution >= 4 is 11.8 Å². The molecule has 2 aromatic heterocycles. The number of ether oxygens (including phenoxy) is 2. The Morgan fingerprint density at radius 2 is 2.24 bits per heavy atom. The molecule has 2 heterocycles. The summed E-state index contributed by atoms with van der Waals surface area (Å²) in [6.07, 6.45) is 6.22. The number of rotatable bonds is 5. The molecule has 106 valence electrons. The van der Waals surface area contributed by atoms with Gasteiger partial charge in [-0.2, -0.15) is 0 Å². The molecule has 3 aromatic rings. The SMILES string of the molecule is COc1ccc(C=O)c(OCc2cccn3cncc23)c1. The fraction of sp³-hybridized carbons (Fsp3) is 0.125. The number of benzene rings is 1. The molecule has 0 bridgehead atoms. The summed E-state index contributed by atoms with van der Waals surface area (Å²) in [6.45, 7) is 0.351. The normalized spacial score (nSPS) is 10.5. The molecule has 5 nitrogen and oxygen atoms in total. The Morgan fingerprint density at radius 1 is 1.33 bits per heavy atom. The topological polar surface area (TPSA) is 52.8 Å². The van der Waals surface area contributed by atoms with Gasteiger partial charge in [-0.1, -0.05) is 6.07 Å². The zero-order chi connectivity index (χ0) is 14.7. The second-order valence-corrected chi connectivity index (χ2v) is 4.53. The lowest BCUT2D eigenvalue weighted by Crippen LogP contribution is -2.00. The number of carbonyl (C=O) groups is 1. The minimum Gasteiger partial charge on any atom is -0.497 e. The number of carbonyl (C=O) groups excluding carboxylic acids is 1. The van der Waals surface area contributed by atoms with E-state index in [2.05, 4.69) is 4.98 Å². The van der Waals surface area contributed by atoms with Crippen LogP contribution in [0, 0.1) is 0 Å². The van der Waals surface area contributed by atoms with Crippen LogP contribution in [0.25, 0.3) is 5.52 Å². The highest BCUT2D eigenvalue weighted by molar-refractivity contribution is 5.79. The second-order valence-electron chi connectivity index (χ2n) is 4.53. The van der Waals surface area contributed by atoms with Gasteiger partial charge in [-0.25, -0.2) is 4.98 Å². The maximum atomic E-state index is 11.1. The molecule has 3 rings (SSSR count). The Morgan fingerprint density at radius 3 is 3.05 bits per heavy atom. The summed E-state index contributed by atoms with van der Waals surface area (Å²) in [6, 6.07) is 9.02. The molecule has 0 saturated heterocycles. The number of imidazole rings is 1. The molecular formula is C16H14N2O3. The predicted octanol–water partition coefficient (Wildman–Crippen LogP) is 2.73. The summed E-state index contributed by atoms with van der Waals surface area (Å²) < 4.78 is 12.9. The smallest absolute Gasteiger partial charge is 0.153 e. The number of hydrogen-bond donors (Lipinski definition) is 0. The summed E-state index contributed by atoms with van der Waals surface area (Å²) in [5, 5.41) is 0. The first-order valence-electron chi connectivity index (χ1n) is 6.47. The predicted molar refractivity (Wildman–Crippen MR) is 77.9 cm³/mol. The summed E-state index contributed by atoms with van der Waals surface area (Å²) in [5.41, 5.74) is 2.47. The van der Waals surface area contributed by atoms with Crippen molar-refractivity contribution in [3.8, 4) is 11.5 Å². The van der Waals surface area contributed by atoms with Gasteiger partial charge in [0.05, 0.1) is 30.7 Å². The lowest BCUT2D eigenvalue weighted by Gasteiger charge is -2.11. The van der Waals surface area contributed by atoms with Crippen LogP contribution < -0.4 is 9.47 Å².